The fourth-order valence-corrected chi connectivity index (χ4v) is 2.91. The first-order valence-electron chi connectivity index (χ1n) is 3.77. The number of halogens is 2. The first-order valence-corrected chi connectivity index (χ1v) is 5.92. The first kappa shape index (κ1) is 11.5. The highest BCUT2D eigenvalue weighted by atomic mass is 127. The van der Waals surface area contributed by atoms with Gasteiger partial charge in [-0.2, -0.15) is 0 Å². The van der Waals surface area contributed by atoms with Crippen LogP contribution in [0.2, 0.25) is 0 Å². The molecule has 0 fully saturated rings. The second-order valence-electron chi connectivity index (χ2n) is 2.70. The zero-order valence-corrected chi connectivity index (χ0v) is 11.7. The van der Waals surface area contributed by atoms with E-state index in [-0.39, 0.29) is 6.10 Å². The molecule has 72 valence electrons. The van der Waals surface area contributed by atoms with Crippen LogP contribution in [0.15, 0.2) is 12.1 Å². The van der Waals surface area contributed by atoms with E-state index in [4.69, 9.17) is 4.74 Å². The first-order chi connectivity index (χ1) is 6.06. The number of rotatable bonds is 2. The molecule has 0 aliphatic rings. The third-order valence-electron chi connectivity index (χ3n) is 1.85. The van der Waals surface area contributed by atoms with Gasteiger partial charge in [0.25, 0.3) is 0 Å². The van der Waals surface area contributed by atoms with E-state index < -0.39 is 0 Å². The van der Waals surface area contributed by atoms with Gasteiger partial charge in [0.1, 0.15) is 5.75 Å². The van der Waals surface area contributed by atoms with E-state index in [1.807, 2.05) is 19.1 Å². The number of hydrogen-bond donors (Lipinski definition) is 1. The van der Waals surface area contributed by atoms with Crippen molar-refractivity contribution >= 4 is 45.2 Å². The topological polar surface area (TPSA) is 29.5 Å². The fraction of sp³-hybridized carbons (Fsp3) is 0.333. The minimum Gasteiger partial charge on any atom is -0.506 e. The van der Waals surface area contributed by atoms with Crippen molar-refractivity contribution in [3.8, 4) is 5.75 Å². The summed E-state index contributed by atoms with van der Waals surface area (Å²) >= 11 is 4.34. The minimum absolute atomic E-state index is 0.0665. The number of aromatic hydroxyl groups is 1. The Bertz CT molecular complexity index is 313. The maximum Gasteiger partial charge on any atom is 0.134 e. The zero-order chi connectivity index (χ0) is 10.0. The highest BCUT2D eigenvalue weighted by Gasteiger charge is 2.12. The molecule has 0 aromatic heterocycles. The standard InChI is InChI=1S/C9H10I2O2/c1-5(13-2)7-3-6(10)4-8(11)9(7)12/h3-5,12H,1-2H3. The molecule has 1 aromatic rings. The molecule has 1 rings (SSSR count). The summed E-state index contributed by atoms with van der Waals surface area (Å²) < 4.78 is 7.13. The molecule has 0 saturated heterocycles. The van der Waals surface area contributed by atoms with E-state index >= 15 is 0 Å². The third kappa shape index (κ3) is 2.69. The fourth-order valence-electron chi connectivity index (χ4n) is 1.02. The van der Waals surface area contributed by atoms with Crippen LogP contribution < -0.4 is 0 Å². The molecule has 0 amide bonds. The Labute approximate surface area is 105 Å². The van der Waals surface area contributed by atoms with Crippen LogP contribution in [-0.4, -0.2) is 12.2 Å². The molecule has 0 radical (unpaired) electrons. The Morgan fingerprint density at radius 2 is 2.00 bits per heavy atom. The van der Waals surface area contributed by atoms with Crippen LogP contribution in [0.3, 0.4) is 0 Å². The SMILES string of the molecule is COC(C)c1cc(I)cc(I)c1O. The summed E-state index contributed by atoms with van der Waals surface area (Å²) in [6.45, 7) is 1.92. The monoisotopic (exact) mass is 404 g/mol. The van der Waals surface area contributed by atoms with Crippen LogP contribution in [0.5, 0.6) is 5.75 Å². The van der Waals surface area contributed by atoms with Crippen LogP contribution in [-0.2, 0) is 4.74 Å². The number of hydrogen-bond acceptors (Lipinski definition) is 2. The lowest BCUT2D eigenvalue weighted by molar-refractivity contribution is 0.117. The van der Waals surface area contributed by atoms with Gasteiger partial charge in [-0.05, 0) is 64.2 Å². The van der Waals surface area contributed by atoms with Gasteiger partial charge < -0.3 is 9.84 Å². The summed E-state index contributed by atoms with van der Waals surface area (Å²) in [5.41, 5.74) is 0.846. The van der Waals surface area contributed by atoms with E-state index in [2.05, 4.69) is 45.2 Å². The molecule has 0 saturated carbocycles. The van der Waals surface area contributed by atoms with Gasteiger partial charge >= 0.3 is 0 Å². The molecule has 1 N–H and O–H groups in total. The predicted octanol–water partition coefficient (Wildman–Crippen LogP) is 3.31. The van der Waals surface area contributed by atoms with Gasteiger partial charge in [0.15, 0.2) is 0 Å². The Morgan fingerprint density at radius 3 is 2.54 bits per heavy atom. The Kier molecular flexibility index (Phi) is 4.24. The van der Waals surface area contributed by atoms with Gasteiger partial charge in [-0.15, -0.1) is 0 Å². The van der Waals surface area contributed by atoms with Gasteiger partial charge in [-0.25, -0.2) is 0 Å². The van der Waals surface area contributed by atoms with Crippen molar-refractivity contribution in [1.82, 2.24) is 0 Å². The number of ether oxygens (including phenoxy) is 1. The van der Waals surface area contributed by atoms with Crippen LogP contribution in [0.4, 0.5) is 0 Å². The number of phenolic OH excluding ortho intramolecular Hbond substituents is 1. The van der Waals surface area contributed by atoms with Crippen LogP contribution in [0.25, 0.3) is 0 Å². The summed E-state index contributed by atoms with van der Waals surface area (Å²) in [7, 11) is 1.64. The molecule has 1 unspecified atom stereocenters. The smallest absolute Gasteiger partial charge is 0.134 e. The normalized spacial score (nSPS) is 12.9. The van der Waals surface area contributed by atoms with Crippen molar-refractivity contribution in [2.45, 2.75) is 13.0 Å². The summed E-state index contributed by atoms with van der Waals surface area (Å²) in [4.78, 5) is 0. The van der Waals surface area contributed by atoms with E-state index in [1.54, 1.807) is 7.11 Å². The Balaban J connectivity index is 3.20. The van der Waals surface area contributed by atoms with Crippen molar-refractivity contribution in [2.24, 2.45) is 0 Å². The molecular formula is C9H10I2O2. The molecule has 0 bridgehead atoms. The van der Waals surface area contributed by atoms with E-state index in [9.17, 15) is 5.11 Å². The molecule has 0 heterocycles. The average molecular weight is 404 g/mol. The van der Waals surface area contributed by atoms with E-state index in [0.717, 1.165) is 12.7 Å². The summed E-state index contributed by atoms with van der Waals surface area (Å²) in [6, 6.07) is 3.87. The van der Waals surface area contributed by atoms with Gasteiger partial charge in [0.2, 0.25) is 0 Å². The van der Waals surface area contributed by atoms with E-state index in [0.29, 0.717) is 5.75 Å². The maximum atomic E-state index is 9.73. The Hall–Kier alpha value is 0.440. The Morgan fingerprint density at radius 1 is 1.38 bits per heavy atom. The largest absolute Gasteiger partial charge is 0.506 e. The lowest BCUT2D eigenvalue weighted by Gasteiger charge is -2.13. The molecule has 0 aliphatic heterocycles. The van der Waals surface area contributed by atoms with Crippen LogP contribution in [0, 0.1) is 7.14 Å². The lowest BCUT2D eigenvalue weighted by Crippen LogP contribution is -1.98. The molecule has 4 heteroatoms. The molecular weight excluding hydrogens is 394 g/mol. The zero-order valence-electron chi connectivity index (χ0n) is 7.34. The number of benzene rings is 1. The molecule has 2 nitrogen and oxygen atoms in total. The summed E-state index contributed by atoms with van der Waals surface area (Å²) in [5.74, 6) is 0.329. The number of methoxy groups -OCH3 is 1. The van der Waals surface area contributed by atoms with Gasteiger partial charge in [0, 0.05) is 16.2 Å². The maximum absolute atomic E-state index is 9.73. The summed E-state index contributed by atoms with van der Waals surface area (Å²) in [5, 5.41) is 9.73. The lowest BCUT2D eigenvalue weighted by atomic mass is 10.1. The molecule has 1 aromatic carbocycles. The van der Waals surface area contributed by atoms with Crippen molar-refractivity contribution in [3.63, 3.8) is 0 Å². The number of phenols is 1. The minimum atomic E-state index is -0.0665. The van der Waals surface area contributed by atoms with Gasteiger partial charge in [-0.3, -0.25) is 0 Å². The predicted molar refractivity (Wildman–Crippen MR) is 69.0 cm³/mol. The second-order valence-corrected chi connectivity index (χ2v) is 5.11. The van der Waals surface area contributed by atoms with Crippen molar-refractivity contribution < 1.29 is 9.84 Å². The van der Waals surface area contributed by atoms with Crippen LogP contribution >= 0.6 is 45.2 Å². The second kappa shape index (κ2) is 4.79. The molecule has 0 aliphatic carbocycles. The van der Waals surface area contributed by atoms with Crippen molar-refractivity contribution in [3.05, 3.63) is 24.8 Å². The highest BCUT2D eigenvalue weighted by molar-refractivity contribution is 14.1. The quantitative estimate of drug-likeness (QED) is 0.767. The third-order valence-corrected chi connectivity index (χ3v) is 3.29. The van der Waals surface area contributed by atoms with Crippen molar-refractivity contribution in [2.75, 3.05) is 7.11 Å². The average Bonchev–Trinajstić information content (AvgIpc) is 2.10. The van der Waals surface area contributed by atoms with Crippen molar-refractivity contribution in [1.29, 1.82) is 0 Å². The van der Waals surface area contributed by atoms with Gasteiger partial charge in [-0.1, -0.05) is 0 Å². The molecule has 0 spiro atoms. The summed E-state index contributed by atoms with van der Waals surface area (Å²) in [6.07, 6.45) is -0.0665. The molecule has 1 atom stereocenters. The van der Waals surface area contributed by atoms with E-state index in [1.165, 1.54) is 0 Å². The van der Waals surface area contributed by atoms with Crippen LogP contribution in [0.1, 0.15) is 18.6 Å². The van der Waals surface area contributed by atoms with Gasteiger partial charge in [0.05, 0.1) is 9.67 Å². The molecule has 13 heavy (non-hydrogen) atoms. The highest BCUT2D eigenvalue weighted by Crippen LogP contribution is 2.32.